The van der Waals surface area contributed by atoms with Crippen molar-refractivity contribution in [3.05, 3.63) is 62.9 Å². The minimum absolute atomic E-state index is 0.366. The lowest BCUT2D eigenvalue weighted by atomic mass is 10.1. The van der Waals surface area contributed by atoms with Gasteiger partial charge in [0.15, 0.2) is 0 Å². The number of aromatic nitrogens is 1. The molecule has 0 spiro atoms. The maximum Gasteiger partial charge on any atom is 0.135 e. The zero-order valence-corrected chi connectivity index (χ0v) is 13.7. The quantitative estimate of drug-likeness (QED) is 0.825. The Kier molecular flexibility index (Phi) is 5.85. The van der Waals surface area contributed by atoms with Gasteiger partial charge < -0.3 is 5.11 Å². The molecule has 0 saturated carbocycles. The molecule has 0 amide bonds. The van der Waals surface area contributed by atoms with E-state index in [0.717, 1.165) is 11.1 Å². The first-order valence-corrected chi connectivity index (χ1v) is 7.52. The van der Waals surface area contributed by atoms with Gasteiger partial charge in [-0.3, -0.25) is 4.90 Å². The molecule has 1 N–H and O–H groups in total. The fourth-order valence-corrected chi connectivity index (χ4v) is 2.63. The van der Waals surface area contributed by atoms with Crippen molar-refractivity contribution in [2.24, 2.45) is 0 Å². The van der Waals surface area contributed by atoms with E-state index in [2.05, 4.69) is 4.98 Å². The lowest BCUT2D eigenvalue weighted by Crippen LogP contribution is -2.24. The number of nitrogens with zero attached hydrogens (tertiary/aromatic N) is 2. The molecule has 2 rings (SSSR count). The first-order valence-electron chi connectivity index (χ1n) is 6.38. The molecule has 3 nitrogen and oxygen atoms in total. The third kappa shape index (κ3) is 4.83. The highest BCUT2D eigenvalue weighted by atomic mass is 35.5. The molecule has 0 fully saturated rings. The Morgan fingerprint density at radius 1 is 1.19 bits per heavy atom. The summed E-state index contributed by atoms with van der Waals surface area (Å²) < 4.78 is 0. The van der Waals surface area contributed by atoms with Crippen LogP contribution < -0.4 is 0 Å². The molecule has 112 valence electrons. The normalized spacial score (nSPS) is 12.7. The highest BCUT2D eigenvalue weighted by molar-refractivity contribution is 6.32. The van der Waals surface area contributed by atoms with Crippen LogP contribution in [0.3, 0.4) is 0 Å². The molecule has 2 aromatic rings. The monoisotopic (exact) mass is 344 g/mol. The summed E-state index contributed by atoms with van der Waals surface area (Å²) in [7, 11) is 1.90. The number of halogens is 3. The minimum Gasteiger partial charge on any atom is -0.387 e. The van der Waals surface area contributed by atoms with Crippen molar-refractivity contribution in [1.29, 1.82) is 0 Å². The molecule has 1 heterocycles. The summed E-state index contributed by atoms with van der Waals surface area (Å²) in [5.41, 5.74) is 1.65. The Labute approximate surface area is 139 Å². The van der Waals surface area contributed by atoms with Crippen molar-refractivity contribution in [2.45, 2.75) is 12.6 Å². The van der Waals surface area contributed by atoms with Crippen LogP contribution in [0.2, 0.25) is 15.3 Å². The summed E-state index contributed by atoms with van der Waals surface area (Å²) in [4.78, 5) is 5.96. The molecule has 1 atom stereocenters. The largest absolute Gasteiger partial charge is 0.387 e. The van der Waals surface area contributed by atoms with Gasteiger partial charge in [-0.05, 0) is 30.8 Å². The Hall–Kier alpha value is -0.840. The second-order valence-electron chi connectivity index (χ2n) is 4.85. The maximum absolute atomic E-state index is 10.2. The van der Waals surface area contributed by atoms with Crippen LogP contribution in [-0.4, -0.2) is 28.6 Å². The molecule has 1 aromatic carbocycles. The van der Waals surface area contributed by atoms with Crippen molar-refractivity contribution in [3.63, 3.8) is 0 Å². The van der Waals surface area contributed by atoms with Gasteiger partial charge in [-0.25, -0.2) is 4.98 Å². The summed E-state index contributed by atoms with van der Waals surface area (Å²) in [5, 5.41) is 11.6. The molecule has 0 aliphatic rings. The van der Waals surface area contributed by atoms with E-state index in [9.17, 15) is 5.11 Å². The van der Waals surface area contributed by atoms with E-state index in [-0.39, 0.29) is 0 Å². The van der Waals surface area contributed by atoms with Gasteiger partial charge >= 0.3 is 0 Å². The Morgan fingerprint density at radius 2 is 1.95 bits per heavy atom. The lowest BCUT2D eigenvalue weighted by molar-refractivity contribution is 0.124. The predicted molar refractivity (Wildman–Crippen MR) is 87.0 cm³/mol. The molecular weight excluding hydrogens is 331 g/mol. The van der Waals surface area contributed by atoms with E-state index in [1.165, 1.54) is 0 Å². The molecule has 1 aromatic heterocycles. The Bertz CT molecular complexity index is 622. The van der Waals surface area contributed by atoms with Gasteiger partial charge in [0.1, 0.15) is 10.3 Å². The number of pyridine rings is 1. The van der Waals surface area contributed by atoms with Gasteiger partial charge in [0.05, 0.1) is 6.10 Å². The predicted octanol–water partition coefficient (Wildman–Crippen LogP) is 4.21. The van der Waals surface area contributed by atoms with Crippen LogP contribution in [0.15, 0.2) is 36.4 Å². The van der Waals surface area contributed by atoms with E-state index in [1.807, 2.05) is 30.1 Å². The third-order valence-electron chi connectivity index (χ3n) is 3.05. The van der Waals surface area contributed by atoms with Crippen molar-refractivity contribution < 1.29 is 5.11 Å². The highest BCUT2D eigenvalue weighted by Gasteiger charge is 2.13. The molecule has 0 aliphatic carbocycles. The lowest BCUT2D eigenvalue weighted by Gasteiger charge is -2.21. The number of aliphatic hydroxyl groups is 1. The topological polar surface area (TPSA) is 36.4 Å². The third-order valence-corrected chi connectivity index (χ3v) is 3.82. The van der Waals surface area contributed by atoms with Gasteiger partial charge in [0.2, 0.25) is 0 Å². The van der Waals surface area contributed by atoms with Gasteiger partial charge in [-0.2, -0.15) is 0 Å². The van der Waals surface area contributed by atoms with Gasteiger partial charge in [0.25, 0.3) is 0 Å². The maximum atomic E-state index is 10.2. The van der Waals surface area contributed by atoms with Crippen LogP contribution >= 0.6 is 34.8 Å². The number of aliphatic hydroxyl groups excluding tert-OH is 1. The number of likely N-dealkylation sites (N-methyl/N-ethyl adjacent to an activating group) is 1. The van der Waals surface area contributed by atoms with Gasteiger partial charge in [-0.15, -0.1) is 0 Å². The molecular formula is C15H15Cl3N2O. The summed E-state index contributed by atoms with van der Waals surface area (Å²) in [6, 6.07) is 10.7. The summed E-state index contributed by atoms with van der Waals surface area (Å²) in [6.45, 7) is 1.03. The number of hydrogen-bond acceptors (Lipinski definition) is 3. The average molecular weight is 346 g/mol. The Balaban J connectivity index is 1.99. The van der Waals surface area contributed by atoms with E-state index < -0.39 is 6.10 Å². The van der Waals surface area contributed by atoms with Crippen LogP contribution in [0.4, 0.5) is 0 Å². The van der Waals surface area contributed by atoms with Crippen LogP contribution in [0.5, 0.6) is 0 Å². The molecule has 0 unspecified atom stereocenters. The fraction of sp³-hybridized carbons (Fsp3) is 0.267. The first-order chi connectivity index (χ1) is 9.95. The first kappa shape index (κ1) is 16.5. The SMILES string of the molecule is CN(Cc1ccc(Cl)nc1Cl)C[C@@H](O)c1cccc(Cl)c1. The number of rotatable bonds is 5. The minimum atomic E-state index is -0.618. The zero-order valence-electron chi connectivity index (χ0n) is 11.4. The smallest absolute Gasteiger partial charge is 0.135 e. The van der Waals surface area contributed by atoms with Crippen LogP contribution in [0.25, 0.3) is 0 Å². The highest BCUT2D eigenvalue weighted by Crippen LogP contribution is 2.21. The fourth-order valence-electron chi connectivity index (χ4n) is 2.03. The second-order valence-corrected chi connectivity index (χ2v) is 6.03. The summed E-state index contributed by atoms with van der Waals surface area (Å²) in [5.74, 6) is 0. The molecule has 0 radical (unpaired) electrons. The average Bonchev–Trinajstić information content (AvgIpc) is 2.42. The van der Waals surface area contributed by atoms with Gasteiger partial charge in [0, 0.05) is 23.7 Å². The number of hydrogen-bond donors (Lipinski definition) is 1. The van der Waals surface area contributed by atoms with E-state index in [4.69, 9.17) is 34.8 Å². The van der Waals surface area contributed by atoms with Crippen LogP contribution in [0, 0.1) is 0 Å². The number of benzene rings is 1. The van der Waals surface area contributed by atoms with Gasteiger partial charge in [-0.1, -0.05) is 53.0 Å². The zero-order chi connectivity index (χ0) is 15.4. The van der Waals surface area contributed by atoms with Crippen LogP contribution in [0.1, 0.15) is 17.2 Å². The van der Waals surface area contributed by atoms with Crippen molar-refractivity contribution in [1.82, 2.24) is 9.88 Å². The van der Waals surface area contributed by atoms with Crippen LogP contribution in [-0.2, 0) is 6.54 Å². The van der Waals surface area contributed by atoms with Crippen molar-refractivity contribution in [2.75, 3.05) is 13.6 Å². The molecule has 6 heteroatoms. The molecule has 0 aliphatic heterocycles. The van der Waals surface area contributed by atoms with Crippen molar-refractivity contribution in [3.8, 4) is 0 Å². The second kappa shape index (κ2) is 7.43. The van der Waals surface area contributed by atoms with E-state index >= 15 is 0 Å². The standard InChI is InChI=1S/C15H15Cl3N2O/c1-20(8-11-5-6-14(17)19-15(11)18)9-13(21)10-3-2-4-12(16)7-10/h2-7,13,21H,8-9H2,1H3/t13-/m1/s1. The van der Waals surface area contributed by atoms with E-state index in [1.54, 1.807) is 18.2 Å². The molecule has 0 bridgehead atoms. The summed E-state index contributed by atoms with van der Waals surface area (Å²) >= 11 is 17.7. The summed E-state index contributed by atoms with van der Waals surface area (Å²) in [6.07, 6.45) is -0.618. The van der Waals surface area contributed by atoms with E-state index in [0.29, 0.717) is 28.4 Å². The van der Waals surface area contributed by atoms with Crippen molar-refractivity contribution >= 4 is 34.8 Å². The molecule has 21 heavy (non-hydrogen) atoms. The molecule has 0 saturated heterocycles. The Morgan fingerprint density at radius 3 is 2.62 bits per heavy atom.